The maximum atomic E-state index is 14.2. The van der Waals surface area contributed by atoms with Crippen molar-refractivity contribution in [3.8, 4) is 17.0 Å². The van der Waals surface area contributed by atoms with E-state index >= 15 is 0 Å². The third-order valence-corrected chi connectivity index (χ3v) is 6.92. The molecule has 1 aliphatic carbocycles. The van der Waals surface area contributed by atoms with E-state index < -0.39 is 11.9 Å². The van der Waals surface area contributed by atoms with Crippen molar-refractivity contribution in [1.82, 2.24) is 25.2 Å². The topological polar surface area (TPSA) is 120 Å². The predicted octanol–water partition coefficient (Wildman–Crippen LogP) is 2.96. The van der Waals surface area contributed by atoms with E-state index in [4.69, 9.17) is 4.74 Å². The number of benzene rings is 1. The third-order valence-electron chi connectivity index (χ3n) is 6.92. The van der Waals surface area contributed by atoms with Gasteiger partial charge >= 0.3 is 0 Å². The van der Waals surface area contributed by atoms with Crippen LogP contribution >= 0.6 is 0 Å². The van der Waals surface area contributed by atoms with Crippen LogP contribution < -0.4 is 10.1 Å². The Labute approximate surface area is 208 Å². The molecule has 3 N–H and O–H groups in total. The van der Waals surface area contributed by atoms with Crippen LogP contribution in [0.4, 0.5) is 4.39 Å². The minimum atomic E-state index is -1.09. The highest BCUT2D eigenvalue weighted by molar-refractivity contribution is 6.09. The molecule has 3 atom stereocenters. The Morgan fingerprint density at radius 1 is 1.33 bits per heavy atom. The first kappa shape index (κ1) is 24.2. The second-order valence-electron chi connectivity index (χ2n) is 9.89. The zero-order chi connectivity index (χ0) is 25.6. The molecule has 0 radical (unpaired) electrons. The van der Waals surface area contributed by atoms with Crippen LogP contribution in [0, 0.1) is 18.7 Å². The van der Waals surface area contributed by atoms with Crippen molar-refractivity contribution < 1.29 is 23.8 Å². The van der Waals surface area contributed by atoms with Gasteiger partial charge in [0.05, 0.1) is 17.7 Å². The summed E-state index contributed by atoms with van der Waals surface area (Å²) in [5.74, 6) is -0.0274. The molecule has 3 heterocycles. The van der Waals surface area contributed by atoms with Crippen LogP contribution in [0.5, 0.6) is 5.75 Å². The molecule has 3 aromatic rings. The normalized spacial score (nSPS) is 20.5. The average molecular weight is 496 g/mol. The molecule has 1 saturated heterocycles. The lowest BCUT2D eigenvalue weighted by molar-refractivity contribution is -0.139. The number of nitrogens with one attached hydrogen (secondary N) is 2. The average Bonchev–Trinajstić information content (AvgIpc) is 3.50. The van der Waals surface area contributed by atoms with Crippen LogP contribution in [-0.2, 0) is 4.79 Å². The Balaban J connectivity index is 1.43. The van der Waals surface area contributed by atoms with Crippen LogP contribution in [0.3, 0.4) is 0 Å². The molecule has 10 heteroatoms. The summed E-state index contributed by atoms with van der Waals surface area (Å²) in [6.45, 7) is 6.00. The number of halogens is 1. The van der Waals surface area contributed by atoms with Gasteiger partial charge in [0.25, 0.3) is 11.8 Å². The van der Waals surface area contributed by atoms with E-state index in [1.54, 1.807) is 17.9 Å². The zero-order valence-electron chi connectivity index (χ0n) is 20.5. The highest BCUT2D eigenvalue weighted by atomic mass is 19.1. The molecule has 36 heavy (non-hydrogen) atoms. The van der Waals surface area contributed by atoms with E-state index in [1.165, 1.54) is 25.4 Å². The Bertz CT molecular complexity index is 1320. The van der Waals surface area contributed by atoms with Gasteiger partial charge in [-0.3, -0.25) is 9.59 Å². The maximum Gasteiger partial charge on any atom is 0.255 e. The minimum Gasteiger partial charge on any atom is -0.493 e. The van der Waals surface area contributed by atoms with Gasteiger partial charge in [-0.25, -0.2) is 14.4 Å². The van der Waals surface area contributed by atoms with Crippen LogP contribution in [0.15, 0.2) is 24.5 Å². The molecule has 2 aromatic heterocycles. The lowest BCUT2D eigenvalue weighted by Crippen LogP contribution is -2.42. The van der Waals surface area contributed by atoms with Gasteiger partial charge in [0.1, 0.15) is 35.2 Å². The number of hydrogen-bond donors (Lipinski definition) is 3. The van der Waals surface area contributed by atoms with Crippen molar-refractivity contribution in [2.24, 2.45) is 5.92 Å². The summed E-state index contributed by atoms with van der Waals surface area (Å²) in [7, 11) is 0. The number of nitrogens with zero attached hydrogens (tertiary/aromatic N) is 3. The number of ether oxygens (including phenoxy) is 1. The Morgan fingerprint density at radius 3 is 2.83 bits per heavy atom. The fourth-order valence-electron chi connectivity index (χ4n) is 4.85. The van der Waals surface area contributed by atoms with Crippen molar-refractivity contribution in [1.29, 1.82) is 0 Å². The molecule has 0 unspecified atom stereocenters. The number of aliphatic hydroxyl groups is 1. The van der Waals surface area contributed by atoms with Crippen LogP contribution in [-0.4, -0.2) is 68.1 Å². The van der Waals surface area contributed by atoms with E-state index in [1.807, 2.05) is 6.92 Å². The number of carbonyl (C=O) groups excluding carboxylic acids is 2. The van der Waals surface area contributed by atoms with Gasteiger partial charge in [-0.2, -0.15) is 0 Å². The number of aromatic amines is 1. The molecule has 2 aliphatic rings. The van der Waals surface area contributed by atoms with Gasteiger partial charge in [-0.15, -0.1) is 0 Å². The Hall–Kier alpha value is -3.53. The molecular weight excluding hydrogens is 465 g/mol. The highest BCUT2D eigenvalue weighted by Gasteiger charge is 2.35. The zero-order valence-corrected chi connectivity index (χ0v) is 20.5. The number of carbonyl (C=O) groups is 2. The van der Waals surface area contributed by atoms with Gasteiger partial charge in [-0.05, 0) is 64.2 Å². The number of aromatic nitrogens is 3. The lowest BCUT2D eigenvalue weighted by atomic mass is 10.1. The Morgan fingerprint density at radius 2 is 2.11 bits per heavy atom. The lowest BCUT2D eigenvalue weighted by Gasteiger charge is -2.22. The van der Waals surface area contributed by atoms with Crippen molar-refractivity contribution in [3.05, 3.63) is 41.6 Å². The highest BCUT2D eigenvalue weighted by Crippen LogP contribution is 2.37. The maximum absolute atomic E-state index is 14.2. The van der Waals surface area contributed by atoms with Crippen LogP contribution in [0.1, 0.15) is 49.2 Å². The molecule has 1 saturated carbocycles. The number of aryl methyl sites for hydroxylation is 1. The van der Waals surface area contributed by atoms with E-state index in [0.717, 1.165) is 12.8 Å². The predicted molar refractivity (Wildman–Crippen MR) is 131 cm³/mol. The van der Waals surface area contributed by atoms with Crippen molar-refractivity contribution in [2.75, 3.05) is 13.2 Å². The molecular formula is C26H30FN5O4. The number of amides is 2. The summed E-state index contributed by atoms with van der Waals surface area (Å²) in [5, 5.41) is 12.7. The molecule has 1 aliphatic heterocycles. The number of rotatable bonds is 7. The second kappa shape index (κ2) is 9.50. The first-order chi connectivity index (χ1) is 17.2. The number of likely N-dealkylation sites (tertiary alicyclic amines) is 1. The van der Waals surface area contributed by atoms with Gasteiger partial charge in [-0.1, -0.05) is 0 Å². The first-order valence-corrected chi connectivity index (χ1v) is 12.3. The summed E-state index contributed by atoms with van der Waals surface area (Å²) in [4.78, 5) is 39.2. The number of aliphatic hydroxyl groups excluding tert-OH is 1. The van der Waals surface area contributed by atoms with Gasteiger partial charge in [0.2, 0.25) is 0 Å². The largest absolute Gasteiger partial charge is 0.493 e. The third kappa shape index (κ3) is 4.65. The van der Waals surface area contributed by atoms with Crippen molar-refractivity contribution in [3.63, 3.8) is 0 Å². The smallest absolute Gasteiger partial charge is 0.255 e. The molecule has 190 valence electrons. The van der Waals surface area contributed by atoms with Gasteiger partial charge < -0.3 is 25.0 Å². The number of hydrogen-bond acceptors (Lipinski definition) is 6. The van der Waals surface area contributed by atoms with Gasteiger partial charge in [0, 0.05) is 29.9 Å². The minimum absolute atomic E-state index is 0.0996. The van der Waals surface area contributed by atoms with Gasteiger partial charge in [0.15, 0.2) is 0 Å². The molecule has 2 fully saturated rings. The molecule has 0 bridgehead atoms. The summed E-state index contributed by atoms with van der Waals surface area (Å²) in [5.41, 5.74) is 2.87. The van der Waals surface area contributed by atoms with E-state index in [2.05, 4.69) is 20.3 Å². The van der Waals surface area contributed by atoms with E-state index in [9.17, 15) is 19.1 Å². The summed E-state index contributed by atoms with van der Waals surface area (Å²) in [6, 6.07) is 3.99. The molecule has 1 aromatic carbocycles. The summed E-state index contributed by atoms with van der Waals surface area (Å²) in [6.07, 6.45) is 3.11. The van der Waals surface area contributed by atoms with E-state index in [-0.39, 0.29) is 23.9 Å². The van der Waals surface area contributed by atoms with Crippen LogP contribution in [0.25, 0.3) is 22.3 Å². The Kier molecular flexibility index (Phi) is 6.38. The quantitative estimate of drug-likeness (QED) is 0.464. The number of H-pyrrole nitrogens is 1. The van der Waals surface area contributed by atoms with E-state index in [0.29, 0.717) is 64.8 Å². The fraction of sp³-hybridized carbons (Fsp3) is 0.462. The molecule has 2 amide bonds. The molecule has 9 nitrogen and oxygen atoms in total. The molecule has 5 rings (SSSR count). The van der Waals surface area contributed by atoms with Crippen molar-refractivity contribution >= 4 is 22.8 Å². The summed E-state index contributed by atoms with van der Waals surface area (Å²) < 4.78 is 20.2. The standard InChI is InChI=1S/C26H30FN5O4/c1-13-8-18(10-32(13)26(35)15(3)33)31-25(34)21-14(2)30-24-22(28-12-29-23(21)24)19-9-17(27)6-7-20(19)36-11-16-4-5-16/h6-7,9,12-13,15-16,18,30,33H,4-5,8,10-11H2,1-3H3,(H,31,34)/t13-,15+,18+/m1/s1. The summed E-state index contributed by atoms with van der Waals surface area (Å²) >= 11 is 0. The van der Waals surface area contributed by atoms with Crippen molar-refractivity contribution in [2.45, 2.75) is 58.2 Å². The monoisotopic (exact) mass is 495 g/mol. The first-order valence-electron chi connectivity index (χ1n) is 12.3. The van der Waals surface area contributed by atoms with Crippen LogP contribution in [0.2, 0.25) is 0 Å². The fourth-order valence-corrected chi connectivity index (χ4v) is 4.85. The molecule has 0 spiro atoms. The second-order valence-corrected chi connectivity index (χ2v) is 9.89. The SMILES string of the molecule is Cc1[nH]c2c(-c3cc(F)ccc3OCC3CC3)ncnc2c1C(=O)N[C@H]1C[C@@H](C)N(C(=O)[C@H](C)O)C1. The number of fused-ring (bicyclic) bond motifs is 1.